The van der Waals surface area contributed by atoms with Crippen LogP contribution in [0.4, 0.5) is 0 Å². The Morgan fingerprint density at radius 3 is 2.39 bits per heavy atom. The number of benzene rings is 1. The standard InChI is InChI=1S/C21H28N4O5S/c1-16(21(27)23-13-18-7-5-6-12-22-18)25(20(26)15-24(2)31(4,28)29)14-17-8-10-19(30-3)11-9-17/h5-12,16H,13-15H2,1-4H3,(H,23,27)/t16-/m0/s1. The Morgan fingerprint density at radius 1 is 1.16 bits per heavy atom. The Kier molecular flexibility index (Phi) is 8.52. The van der Waals surface area contributed by atoms with E-state index in [2.05, 4.69) is 10.3 Å². The van der Waals surface area contributed by atoms with E-state index in [4.69, 9.17) is 4.74 Å². The van der Waals surface area contributed by atoms with E-state index in [-0.39, 0.29) is 25.5 Å². The first-order valence-electron chi connectivity index (χ1n) is 9.63. The second-order valence-corrected chi connectivity index (χ2v) is 9.19. The number of sulfonamides is 1. The molecule has 1 heterocycles. The third-order valence-corrected chi connectivity index (χ3v) is 6.03. The highest BCUT2D eigenvalue weighted by atomic mass is 32.2. The molecule has 0 aliphatic heterocycles. The molecule has 0 radical (unpaired) electrons. The number of methoxy groups -OCH3 is 1. The fraction of sp³-hybridized carbons (Fsp3) is 0.381. The van der Waals surface area contributed by atoms with Crippen molar-refractivity contribution in [2.75, 3.05) is 27.0 Å². The Morgan fingerprint density at radius 2 is 1.84 bits per heavy atom. The summed E-state index contributed by atoms with van der Waals surface area (Å²) in [6, 6.07) is 11.6. The number of nitrogens with zero attached hydrogens (tertiary/aromatic N) is 3. The topological polar surface area (TPSA) is 109 Å². The van der Waals surface area contributed by atoms with E-state index in [0.29, 0.717) is 11.4 Å². The van der Waals surface area contributed by atoms with E-state index < -0.39 is 22.0 Å². The number of hydrogen-bond acceptors (Lipinski definition) is 6. The molecular formula is C21H28N4O5S. The number of ether oxygens (including phenoxy) is 1. The molecule has 0 aliphatic rings. The summed E-state index contributed by atoms with van der Waals surface area (Å²) < 4.78 is 29.6. The van der Waals surface area contributed by atoms with Crippen LogP contribution in [-0.2, 0) is 32.7 Å². The zero-order valence-corrected chi connectivity index (χ0v) is 18.9. The summed E-state index contributed by atoms with van der Waals surface area (Å²) in [4.78, 5) is 31.2. The van der Waals surface area contributed by atoms with Gasteiger partial charge in [0.25, 0.3) is 0 Å². The van der Waals surface area contributed by atoms with E-state index >= 15 is 0 Å². The minimum atomic E-state index is -3.54. The quantitative estimate of drug-likeness (QED) is 0.581. The molecule has 9 nitrogen and oxygen atoms in total. The SMILES string of the molecule is COc1ccc(CN(C(=O)CN(C)S(C)(=O)=O)[C@@H](C)C(=O)NCc2ccccn2)cc1. The molecule has 168 valence electrons. The van der Waals surface area contributed by atoms with Gasteiger partial charge in [0.2, 0.25) is 21.8 Å². The van der Waals surface area contributed by atoms with E-state index in [0.717, 1.165) is 16.1 Å². The van der Waals surface area contributed by atoms with Crippen LogP contribution < -0.4 is 10.1 Å². The number of rotatable bonds is 10. The number of hydrogen-bond donors (Lipinski definition) is 1. The molecule has 2 amide bonds. The van der Waals surface area contributed by atoms with Gasteiger partial charge in [0.1, 0.15) is 11.8 Å². The minimum Gasteiger partial charge on any atom is -0.497 e. The van der Waals surface area contributed by atoms with Crippen molar-refractivity contribution in [3.05, 3.63) is 59.9 Å². The average Bonchev–Trinajstić information content (AvgIpc) is 2.75. The molecule has 2 aromatic rings. The molecule has 0 bridgehead atoms. The smallest absolute Gasteiger partial charge is 0.242 e. The lowest BCUT2D eigenvalue weighted by atomic mass is 10.1. The molecule has 2 rings (SSSR count). The molecule has 0 unspecified atom stereocenters. The zero-order valence-electron chi connectivity index (χ0n) is 18.1. The Bertz CT molecular complexity index is 981. The van der Waals surface area contributed by atoms with Crippen molar-refractivity contribution in [3.63, 3.8) is 0 Å². The summed E-state index contributed by atoms with van der Waals surface area (Å²) in [5, 5.41) is 2.77. The number of aromatic nitrogens is 1. The zero-order chi connectivity index (χ0) is 23.0. The highest BCUT2D eigenvalue weighted by molar-refractivity contribution is 7.88. The first kappa shape index (κ1) is 24.3. The van der Waals surface area contributed by atoms with Gasteiger partial charge < -0.3 is 15.0 Å². The monoisotopic (exact) mass is 448 g/mol. The Balaban J connectivity index is 2.17. The Labute approximate surface area is 183 Å². The van der Waals surface area contributed by atoms with Gasteiger partial charge in [-0.3, -0.25) is 14.6 Å². The molecule has 0 fully saturated rings. The van der Waals surface area contributed by atoms with Gasteiger partial charge in [-0.05, 0) is 36.8 Å². The molecule has 10 heteroatoms. The second-order valence-electron chi connectivity index (χ2n) is 7.10. The fourth-order valence-corrected chi connectivity index (χ4v) is 3.08. The highest BCUT2D eigenvalue weighted by Crippen LogP contribution is 2.15. The molecular weight excluding hydrogens is 420 g/mol. The van der Waals surface area contributed by atoms with Crippen molar-refractivity contribution >= 4 is 21.8 Å². The van der Waals surface area contributed by atoms with Crippen molar-refractivity contribution in [1.82, 2.24) is 19.5 Å². The summed E-state index contributed by atoms with van der Waals surface area (Å²) in [6.45, 7) is 1.60. The molecule has 0 saturated heterocycles. The maximum atomic E-state index is 13.0. The number of carbonyl (C=O) groups is 2. The highest BCUT2D eigenvalue weighted by Gasteiger charge is 2.28. The molecule has 1 N–H and O–H groups in total. The number of amides is 2. The van der Waals surface area contributed by atoms with E-state index in [1.165, 1.54) is 11.9 Å². The molecule has 31 heavy (non-hydrogen) atoms. The van der Waals surface area contributed by atoms with Gasteiger partial charge in [0, 0.05) is 19.8 Å². The van der Waals surface area contributed by atoms with Gasteiger partial charge >= 0.3 is 0 Å². The average molecular weight is 449 g/mol. The molecule has 0 saturated carbocycles. The summed E-state index contributed by atoms with van der Waals surface area (Å²) in [5.74, 6) is -0.182. The fourth-order valence-electron chi connectivity index (χ4n) is 2.74. The largest absolute Gasteiger partial charge is 0.497 e. The van der Waals surface area contributed by atoms with Crippen molar-refractivity contribution in [3.8, 4) is 5.75 Å². The van der Waals surface area contributed by atoms with Gasteiger partial charge in [0.15, 0.2) is 0 Å². The van der Waals surface area contributed by atoms with Crippen LogP contribution in [0, 0.1) is 0 Å². The predicted octanol–water partition coefficient (Wildman–Crippen LogP) is 1.02. The molecule has 1 aromatic heterocycles. The van der Waals surface area contributed by atoms with E-state index in [1.807, 2.05) is 6.07 Å². The third-order valence-electron chi connectivity index (χ3n) is 4.77. The van der Waals surface area contributed by atoms with Crippen LogP contribution in [0.15, 0.2) is 48.7 Å². The maximum Gasteiger partial charge on any atom is 0.242 e. The Hall–Kier alpha value is -2.98. The molecule has 0 spiro atoms. The van der Waals surface area contributed by atoms with Crippen LogP contribution in [0.1, 0.15) is 18.2 Å². The van der Waals surface area contributed by atoms with Gasteiger partial charge in [0.05, 0.1) is 32.1 Å². The van der Waals surface area contributed by atoms with Crippen LogP contribution in [0.3, 0.4) is 0 Å². The van der Waals surface area contributed by atoms with Crippen LogP contribution in [0.2, 0.25) is 0 Å². The lowest BCUT2D eigenvalue weighted by Gasteiger charge is -2.30. The van der Waals surface area contributed by atoms with E-state index in [9.17, 15) is 18.0 Å². The molecule has 1 atom stereocenters. The summed E-state index contributed by atoms with van der Waals surface area (Å²) in [6.07, 6.45) is 2.66. The molecule has 0 aliphatic carbocycles. The minimum absolute atomic E-state index is 0.138. The summed E-state index contributed by atoms with van der Waals surface area (Å²) in [5.41, 5.74) is 1.47. The van der Waals surface area contributed by atoms with Gasteiger partial charge in [-0.2, -0.15) is 4.31 Å². The summed E-state index contributed by atoms with van der Waals surface area (Å²) >= 11 is 0. The van der Waals surface area contributed by atoms with Crippen molar-refractivity contribution in [2.45, 2.75) is 26.1 Å². The van der Waals surface area contributed by atoms with Crippen LogP contribution in [0.5, 0.6) is 5.75 Å². The summed E-state index contributed by atoms with van der Waals surface area (Å²) in [7, 11) is -0.666. The first-order chi connectivity index (χ1) is 14.6. The third kappa shape index (κ3) is 7.34. The normalized spacial score (nSPS) is 12.3. The van der Waals surface area contributed by atoms with Crippen molar-refractivity contribution < 1.29 is 22.7 Å². The van der Waals surface area contributed by atoms with Gasteiger partial charge in [-0.15, -0.1) is 0 Å². The predicted molar refractivity (Wildman–Crippen MR) is 117 cm³/mol. The van der Waals surface area contributed by atoms with Gasteiger partial charge in [-0.25, -0.2) is 8.42 Å². The van der Waals surface area contributed by atoms with Crippen molar-refractivity contribution in [2.24, 2.45) is 0 Å². The van der Waals surface area contributed by atoms with E-state index in [1.54, 1.807) is 56.6 Å². The maximum absolute atomic E-state index is 13.0. The number of carbonyl (C=O) groups excluding carboxylic acids is 2. The lowest BCUT2D eigenvalue weighted by molar-refractivity contribution is -0.140. The first-order valence-corrected chi connectivity index (χ1v) is 11.5. The number of likely N-dealkylation sites (N-methyl/N-ethyl adjacent to an activating group) is 1. The van der Waals surface area contributed by atoms with Crippen LogP contribution >= 0.6 is 0 Å². The van der Waals surface area contributed by atoms with Crippen LogP contribution in [0.25, 0.3) is 0 Å². The van der Waals surface area contributed by atoms with Gasteiger partial charge in [-0.1, -0.05) is 18.2 Å². The van der Waals surface area contributed by atoms with Crippen molar-refractivity contribution in [1.29, 1.82) is 0 Å². The van der Waals surface area contributed by atoms with Crippen LogP contribution in [-0.4, -0.2) is 67.4 Å². The molecule has 1 aromatic carbocycles. The number of pyridine rings is 1. The number of nitrogens with one attached hydrogen (secondary N) is 1. The second kappa shape index (κ2) is 10.9. The lowest BCUT2D eigenvalue weighted by Crippen LogP contribution is -2.50.